The number of ether oxygens (including phenoxy) is 1. The molecule has 2 rings (SSSR count). The topological polar surface area (TPSA) is 53.1 Å². The Morgan fingerprint density at radius 2 is 1.96 bits per heavy atom. The average Bonchev–Trinajstić information content (AvgIpc) is 2.92. The first-order chi connectivity index (χ1) is 11.0. The lowest BCUT2D eigenvalue weighted by Gasteiger charge is -2.29. The summed E-state index contributed by atoms with van der Waals surface area (Å²) < 4.78 is 5.97. The predicted octanol–water partition coefficient (Wildman–Crippen LogP) is 1.15. The maximum absolute atomic E-state index is 12.2. The number of likely N-dealkylation sites (N-methyl/N-ethyl adjacent to an activating group) is 2. The third-order valence-corrected chi connectivity index (χ3v) is 4.84. The summed E-state index contributed by atoms with van der Waals surface area (Å²) in [6.45, 7) is 3.36. The molecule has 23 heavy (non-hydrogen) atoms. The molecule has 128 valence electrons. The Hall–Kier alpha value is -1.15. The Balaban J connectivity index is 1.76. The van der Waals surface area contributed by atoms with Crippen LogP contribution in [0.4, 0.5) is 0 Å². The fraction of sp³-hybridized carbons (Fsp3) is 0.600. The molecule has 8 heteroatoms. The number of amides is 2. The zero-order valence-electron chi connectivity index (χ0n) is 13.5. The average molecular weight is 360 g/mol. The van der Waals surface area contributed by atoms with Crippen LogP contribution in [0.5, 0.6) is 0 Å². The van der Waals surface area contributed by atoms with Gasteiger partial charge in [0, 0.05) is 31.6 Å². The van der Waals surface area contributed by atoms with Gasteiger partial charge in [-0.05, 0) is 19.2 Å². The van der Waals surface area contributed by atoms with Gasteiger partial charge >= 0.3 is 0 Å². The number of halogens is 1. The molecular weight excluding hydrogens is 338 g/mol. The maximum Gasteiger partial charge on any atom is 0.242 e. The minimum Gasteiger partial charge on any atom is -0.378 e. The van der Waals surface area contributed by atoms with E-state index in [1.54, 1.807) is 11.9 Å². The fourth-order valence-corrected chi connectivity index (χ4v) is 3.48. The van der Waals surface area contributed by atoms with Crippen molar-refractivity contribution in [2.75, 3.05) is 53.5 Å². The highest BCUT2D eigenvalue weighted by Crippen LogP contribution is 2.22. The number of nitrogens with zero attached hydrogens (tertiary/aromatic N) is 3. The van der Waals surface area contributed by atoms with E-state index in [4.69, 9.17) is 16.3 Å². The van der Waals surface area contributed by atoms with Crippen molar-refractivity contribution in [3.63, 3.8) is 0 Å². The summed E-state index contributed by atoms with van der Waals surface area (Å²) >= 11 is 7.41. The molecule has 6 nitrogen and oxygen atoms in total. The smallest absolute Gasteiger partial charge is 0.242 e. The second-order valence-corrected chi connectivity index (χ2v) is 7.42. The fourth-order valence-electron chi connectivity index (χ4n) is 2.31. The third kappa shape index (κ3) is 5.76. The van der Waals surface area contributed by atoms with Gasteiger partial charge in [0.25, 0.3) is 0 Å². The number of hydrogen-bond donors (Lipinski definition) is 0. The summed E-state index contributed by atoms with van der Waals surface area (Å²) in [6, 6.07) is 3.81. The van der Waals surface area contributed by atoms with Crippen molar-refractivity contribution in [2.45, 2.75) is 6.54 Å². The summed E-state index contributed by atoms with van der Waals surface area (Å²) in [4.78, 5) is 30.6. The van der Waals surface area contributed by atoms with Gasteiger partial charge in [-0.2, -0.15) is 0 Å². The molecule has 0 N–H and O–H groups in total. The van der Waals surface area contributed by atoms with Crippen LogP contribution < -0.4 is 0 Å². The monoisotopic (exact) mass is 359 g/mol. The van der Waals surface area contributed by atoms with Crippen LogP contribution in [-0.2, 0) is 20.9 Å². The van der Waals surface area contributed by atoms with E-state index in [0.717, 1.165) is 9.21 Å². The van der Waals surface area contributed by atoms with Crippen LogP contribution >= 0.6 is 22.9 Å². The molecule has 1 aliphatic heterocycles. The lowest BCUT2D eigenvalue weighted by atomic mass is 10.3. The van der Waals surface area contributed by atoms with E-state index < -0.39 is 0 Å². The Morgan fingerprint density at radius 3 is 2.57 bits per heavy atom. The highest BCUT2D eigenvalue weighted by molar-refractivity contribution is 7.16. The van der Waals surface area contributed by atoms with Gasteiger partial charge < -0.3 is 14.5 Å². The molecule has 0 unspecified atom stereocenters. The molecule has 1 aliphatic rings. The summed E-state index contributed by atoms with van der Waals surface area (Å²) in [5, 5.41) is 0. The van der Waals surface area contributed by atoms with E-state index in [0.29, 0.717) is 32.8 Å². The van der Waals surface area contributed by atoms with Gasteiger partial charge in [-0.3, -0.25) is 14.5 Å². The van der Waals surface area contributed by atoms with Crippen molar-refractivity contribution in [2.24, 2.45) is 0 Å². The number of morpholine rings is 1. The van der Waals surface area contributed by atoms with Crippen molar-refractivity contribution in [1.29, 1.82) is 0 Å². The molecule has 0 spiro atoms. The first-order valence-electron chi connectivity index (χ1n) is 7.48. The van der Waals surface area contributed by atoms with Crippen molar-refractivity contribution >= 4 is 34.8 Å². The lowest BCUT2D eigenvalue weighted by Crippen LogP contribution is -2.47. The van der Waals surface area contributed by atoms with Gasteiger partial charge in [0.1, 0.15) is 0 Å². The number of thiophene rings is 1. The van der Waals surface area contributed by atoms with Crippen LogP contribution in [0.1, 0.15) is 4.88 Å². The molecule has 2 amide bonds. The first kappa shape index (κ1) is 18.2. The van der Waals surface area contributed by atoms with Gasteiger partial charge in [-0.25, -0.2) is 0 Å². The van der Waals surface area contributed by atoms with E-state index in [1.165, 1.54) is 16.2 Å². The molecule has 0 radical (unpaired) electrons. The number of hydrogen-bond acceptors (Lipinski definition) is 5. The predicted molar refractivity (Wildman–Crippen MR) is 90.7 cm³/mol. The maximum atomic E-state index is 12.2. The van der Waals surface area contributed by atoms with Crippen LogP contribution in [0.3, 0.4) is 0 Å². The number of rotatable bonds is 6. The zero-order valence-corrected chi connectivity index (χ0v) is 15.0. The molecule has 2 heterocycles. The Labute approximate surface area is 145 Å². The van der Waals surface area contributed by atoms with Gasteiger partial charge in [0.05, 0.1) is 30.6 Å². The molecular formula is C15H22ClN3O3S. The van der Waals surface area contributed by atoms with E-state index in [2.05, 4.69) is 0 Å². The molecule has 0 aliphatic carbocycles. The molecule has 1 saturated heterocycles. The SMILES string of the molecule is CN(CC(=O)N(C)CC(=O)N1CCOCC1)Cc1ccc(Cl)s1. The largest absolute Gasteiger partial charge is 0.378 e. The normalized spacial score (nSPS) is 15.0. The van der Waals surface area contributed by atoms with Crippen LogP contribution in [0.2, 0.25) is 4.34 Å². The van der Waals surface area contributed by atoms with Crippen LogP contribution in [-0.4, -0.2) is 80.0 Å². The first-order valence-corrected chi connectivity index (χ1v) is 8.67. The molecule has 1 aromatic rings. The summed E-state index contributed by atoms with van der Waals surface area (Å²) in [5.41, 5.74) is 0. The van der Waals surface area contributed by atoms with Crippen molar-refractivity contribution < 1.29 is 14.3 Å². The minimum atomic E-state index is -0.0724. The number of carbonyl (C=O) groups is 2. The van der Waals surface area contributed by atoms with E-state index >= 15 is 0 Å². The third-order valence-electron chi connectivity index (χ3n) is 3.62. The van der Waals surface area contributed by atoms with Crippen molar-refractivity contribution in [1.82, 2.24) is 14.7 Å². The highest BCUT2D eigenvalue weighted by atomic mass is 35.5. The van der Waals surface area contributed by atoms with Crippen molar-refractivity contribution in [3.8, 4) is 0 Å². The quantitative estimate of drug-likeness (QED) is 0.764. The van der Waals surface area contributed by atoms with E-state index in [9.17, 15) is 9.59 Å². The molecule has 0 atom stereocenters. The Kier molecular flexibility index (Phi) is 6.83. The number of carbonyl (C=O) groups excluding carboxylic acids is 2. The van der Waals surface area contributed by atoms with Crippen molar-refractivity contribution in [3.05, 3.63) is 21.3 Å². The molecule has 0 saturated carbocycles. The molecule has 1 aromatic heterocycles. The summed E-state index contributed by atoms with van der Waals surface area (Å²) in [6.07, 6.45) is 0. The second-order valence-electron chi connectivity index (χ2n) is 5.62. The Morgan fingerprint density at radius 1 is 1.26 bits per heavy atom. The van der Waals surface area contributed by atoms with Gasteiger partial charge in [0.15, 0.2) is 0 Å². The standard InChI is InChI=1S/C15H22ClN3O3S/c1-17(9-12-3-4-13(16)23-12)10-14(20)18(2)11-15(21)19-5-7-22-8-6-19/h3-4H,5-11H2,1-2H3. The second kappa shape index (κ2) is 8.63. The lowest BCUT2D eigenvalue weighted by molar-refractivity contribution is -0.142. The summed E-state index contributed by atoms with van der Waals surface area (Å²) in [7, 11) is 3.54. The summed E-state index contributed by atoms with van der Waals surface area (Å²) in [5.74, 6) is -0.103. The molecule has 0 bridgehead atoms. The van der Waals surface area contributed by atoms with Crippen LogP contribution in [0.25, 0.3) is 0 Å². The molecule has 1 fully saturated rings. The Bertz CT molecular complexity index is 546. The van der Waals surface area contributed by atoms with Crippen LogP contribution in [0.15, 0.2) is 12.1 Å². The van der Waals surface area contributed by atoms with E-state index in [1.807, 2.05) is 24.1 Å². The van der Waals surface area contributed by atoms with E-state index in [-0.39, 0.29) is 24.9 Å². The van der Waals surface area contributed by atoms with Gasteiger partial charge in [-0.15, -0.1) is 11.3 Å². The highest BCUT2D eigenvalue weighted by Gasteiger charge is 2.21. The minimum absolute atomic E-state index is 0.0307. The van der Waals surface area contributed by atoms with Gasteiger partial charge in [-0.1, -0.05) is 11.6 Å². The van der Waals surface area contributed by atoms with Crippen LogP contribution in [0, 0.1) is 0 Å². The van der Waals surface area contributed by atoms with Gasteiger partial charge in [0.2, 0.25) is 11.8 Å². The molecule has 0 aromatic carbocycles. The zero-order chi connectivity index (χ0) is 16.8.